The lowest BCUT2D eigenvalue weighted by Gasteiger charge is -2.26. The molecular weight excluding hydrogens is 288 g/mol. The fraction of sp³-hybridized carbons (Fsp3) is 0.429. The lowest BCUT2D eigenvalue weighted by atomic mass is 9.83. The highest BCUT2D eigenvalue weighted by Gasteiger charge is 2.75. The van der Waals surface area contributed by atoms with E-state index >= 15 is 0 Å². The van der Waals surface area contributed by atoms with Gasteiger partial charge in [0.25, 0.3) is 0 Å². The maximum atomic E-state index is 13.0. The summed E-state index contributed by atoms with van der Waals surface area (Å²) in [5, 5.41) is 17.1. The van der Waals surface area contributed by atoms with Crippen molar-refractivity contribution < 1.29 is 40.8 Å². The van der Waals surface area contributed by atoms with Gasteiger partial charge >= 0.3 is 25.1 Å². The Morgan fingerprint density at radius 2 is 1.32 bits per heavy atom. The largest absolute Gasteiger partial charge is 0.491 e. The van der Waals surface area contributed by atoms with Crippen LogP contribution in [0.4, 0.5) is 30.7 Å². The fourth-order valence-electron chi connectivity index (χ4n) is 0.952. The Bertz CT molecular complexity index is 448. The van der Waals surface area contributed by atoms with Crippen molar-refractivity contribution in [2.75, 3.05) is 0 Å². The molecule has 1 heterocycles. The van der Waals surface area contributed by atoms with Gasteiger partial charge in [0.15, 0.2) is 0 Å². The molecule has 1 aromatic rings. The van der Waals surface area contributed by atoms with Gasteiger partial charge < -0.3 is 10.0 Å². The van der Waals surface area contributed by atoms with E-state index in [1.807, 2.05) is 0 Å². The van der Waals surface area contributed by atoms with E-state index in [1.165, 1.54) is 0 Å². The molecule has 0 atom stereocenters. The molecule has 0 aliphatic carbocycles. The Kier molecular flexibility index (Phi) is 3.78. The van der Waals surface area contributed by atoms with Gasteiger partial charge in [-0.1, -0.05) is 0 Å². The van der Waals surface area contributed by atoms with Crippen LogP contribution in [0.15, 0.2) is 12.4 Å². The average Bonchev–Trinajstić information content (AvgIpc) is 2.27. The van der Waals surface area contributed by atoms with Crippen molar-refractivity contribution in [1.82, 2.24) is 9.97 Å². The molecule has 0 aromatic carbocycles. The first-order valence-corrected chi connectivity index (χ1v) is 4.42. The number of nitrogens with zero attached hydrogens (tertiary/aromatic N) is 2. The summed E-state index contributed by atoms with van der Waals surface area (Å²) in [7, 11) is -2.18. The molecule has 19 heavy (non-hydrogen) atoms. The smallest absolute Gasteiger partial charge is 0.423 e. The van der Waals surface area contributed by atoms with Crippen molar-refractivity contribution in [1.29, 1.82) is 0 Å². The molecule has 0 amide bonds. The molecular formula is C7H4BF7N2O2. The summed E-state index contributed by atoms with van der Waals surface area (Å²) in [5.41, 5.74) is -0.546. The zero-order chi connectivity index (χ0) is 15.1. The molecule has 106 valence electrons. The number of aromatic nitrogens is 2. The van der Waals surface area contributed by atoms with Gasteiger partial charge in [-0.2, -0.15) is 30.7 Å². The summed E-state index contributed by atoms with van der Waals surface area (Å²) in [4.78, 5) is 5.18. The van der Waals surface area contributed by atoms with Crippen molar-refractivity contribution in [3.05, 3.63) is 18.2 Å². The van der Waals surface area contributed by atoms with Gasteiger partial charge in [-0.05, 0) is 0 Å². The van der Waals surface area contributed by atoms with Crippen LogP contribution >= 0.6 is 0 Å². The van der Waals surface area contributed by atoms with Crippen molar-refractivity contribution >= 4 is 12.6 Å². The van der Waals surface area contributed by atoms with E-state index in [-0.39, 0.29) is 0 Å². The van der Waals surface area contributed by atoms with Crippen molar-refractivity contribution in [3.63, 3.8) is 0 Å². The monoisotopic (exact) mass is 292 g/mol. The lowest BCUT2D eigenvalue weighted by Crippen LogP contribution is -2.51. The molecule has 0 saturated carbocycles. The van der Waals surface area contributed by atoms with Gasteiger partial charge in [-0.25, -0.2) is 9.97 Å². The second-order valence-electron chi connectivity index (χ2n) is 3.36. The molecule has 0 aliphatic heterocycles. The normalized spacial score (nSPS) is 13.5. The highest BCUT2D eigenvalue weighted by molar-refractivity contribution is 6.58. The van der Waals surface area contributed by atoms with Gasteiger partial charge in [0.05, 0.1) is 0 Å². The Morgan fingerprint density at radius 3 is 1.63 bits per heavy atom. The number of hydrogen-bond donors (Lipinski definition) is 2. The topological polar surface area (TPSA) is 66.2 Å². The summed E-state index contributed by atoms with van der Waals surface area (Å²) < 4.78 is 86.9. The molecule has 0 saturated heterocycles. The zero-order valence-corrected chi connectivity index (χ0v) is 8.67. The molecule has 0 aliphatic rings. The number of rotatable bonds is 3. The molecule has 0 bridgehead atoms. The molecule has 0 fully saturated rings. The maximum absolute atomic E-state index is 13.0. The van der Waals surface area contributed by atoms with Crippen LogP contribution in [0.3, 0.4) is 0 Å². The van der Waals surface area contributed by atoms with Crippen LogP contribution < -0.4 is 5.46 Å². The SMILES string of the molecule is OB(O)c1cnc(C(F)(F)C(F)(F)C(F)(F)F)nc1. The van der Waals surface area contributed by atoms with Crippen LogP contribution in [0.2, 0.25) is 0 Å². The lowest BCUT2D eigenvalue weighted by molar-refractivity contribution is -0.361. The van der Waals surface area contributed by atoms with Crippen LogP contribution in [0.1, 0.15) is 5.82 Å². The van der Waals surface area contributed by atoms with Gasteiger partial charge in [-0.3, -0.25) is 0 Å². The Labute approximate surface area is 101 Å². The van der Waals surface area contributed by atoms with E-state index in [1.54, 1.807) is 0 Å². The standard InChI is InChI=1S/C7H4BF7N2O2/c9-5(10,6(11,12)7(13,14)15)4-16-1-3(2-17-4)8(18)19/h1-2,18-19H. The predicted molar refractivity (Wildman–Crippen MR) is 46.8 cm³/mol. The predicted octanol–water partition coefficient (Wildman–Crippen LogP) is 0.446. The van der Waals surface area contributed by atoms with E-state index in [0.29, 0.717) is 12.4 Å². The van der Waals surface area contributed by atoms with Crippen LogP contribution in [0.5, 0.6) is 0 Å². The maximum Gasteiger partial charge on any atom is 0.491 e. The quantitative estimate of drug-likeness (QED) is 0.627. The first-order valence-electron chi connectivity index (χ1n) is 4.42. The summed E-state index contributed by atoms with van der Waals surface area (Å²) >= 11 is 0. The molecule has 12 heteroatoms. The van der Waals surface area contributed by atoms with Crippen molar-refractivity contribution in [2.24, 2.45) is 0 Å². The first kappa shape index (κ1) is 15.6. The number of halogens is 7. The fourth-order valence-corrected chi connectivity index (χ4v) is 0.952. The molecule has 2 N–H and O–H groups in total. The van der Waals surface area contributed by atoms with Crippen LogP contribution in [-0.4, -0.2) is 39.2 Å². The minimum absolute atomic E-state index is 0.299. The summed E-state index contributed by atoms with van der Waals surface area (Å²) in [6, 6.07) is 0. The Balaban J connectivity index is 3.20. The van der Waals surface area contributed by atoms with Gasteiger partial charge in [-0.15, -0.1) is 0 Å². The Hall–Kier alpha value is -1.43. The minimum atomic E-state index is -6.49. The van der Waals surface area contributed by atoms with E-state index in [4.69, 9.17) is 10.0 Å². The highest BCUT2D eigenvalue weighted by atomic mass is 19.4. The van der Waals surface area contributed by atoms with E-state index in [0.717, 1.165) is 0 Å². The van der Waals surface area contributed by atoms with E-state index in [2.05, 4.69) is 9.97 Å². The molecule has 4 nitrogen and oxygen atoms in total. The molecule has 0 spiro atoms. The third-order valence-electron chi connectivity index (χ3n) is 2.00. The third-order valence-corrected chi connectivity index (χ3v) is 2.00. The van der Waals surface area contributed by atoms with Crippen LogP contribution in [0, 0.1) is 0 Å². The van der Waals surface area contributed by atoms with Gasteiger partial charge in [0.1, 0.15) is 0 Å². The molecule has 1 aromatic heterocycles. The van der Waals surface area contributed by atoms with Crippen LogP contribution in [-0.2, 0) is 5.92 Å². The Morgan fingerprint density at radius 1 is 0.895 bits per heavy atom. The molecule has 1 rings (SSSR count). The van der Waals surface area contributed by atoms with Gasteiger partial charge in [0, 0.05) is 17.9 Å². The first-order chi connectivity index (χ1) is 8.41. The van der Waals surface area contributed by atoms with Crippen molar-refractivity contribution in [3.8, 4) is 0 Å². The van der Waals surface area contributed by atoms with E-state index < -0.39 is 36.4 Å². The highest BCUT2D eigenvalue weighted by Crippen LogP contribution is 2.50. The second kappa shape index (κ2) is 4.60. The van der Waals surface area contributed by atoms with Crippen molar-refractivity contribution in [2.45, 2.75) is 18.0 Å². The third kappa shape index (κ3) is 2.63. The average molecular weight is 292 g/mol. The van der Waals surface area contributed by atoms with E-state index in [9.17, 15) is 30.7 Å². The number of hydrogen-bond acceptors (Lipinski definition) is 4. The van der Waals surface area contributed by atoms with Gasteiger partial charge in [0.2, 0.25) is 5.82 Å². The number of alkyl halides is 7. The second-order valence-corrected chi connectivity index (χ2v) is 3.36. The molecule has 0 unspecified atom stereocenters. The summed E-state index contributed by atoms with van der Waals surface area (Å²) in [6.45, 7) is 0. The minimum Gasteiger partial charge on any atom is -0.423 e. The van der Waals surface area contributed by atoms with Crippen LogP contribution in [0.25, 0.3) is 0 Å². The zero-order valence-electron chi connectivity index (χ0n) is 8.67. The summed E-state index contributed by atoms with van der Waals surface area (Å²) in [5.74, 6) is -14.1. The molecule has 0 radical (unpaired) electrons. The summed E-state index contributed by atoms with van der Waals surface area (Å²) in [6.07, 6.45) is -5.89.